The van der Waals surface area contributed by atoms with Crippen molar-refractivity contribution in [2.24, 2.45) is 5.73 Å². The Balaban J connectivity index is 2.33. The van der Waals surface area contributed by atoms with Gasteiger partial charge in [-0.25, -0.2) is 4.79 Å². The molecule has 20 heavy (non-hydrogen) atoms. The van der Waals surface area contributed by atoms with Gasteiger partial charge in [0.2, 0.25) is 0 Å². The summed E-state index contributed by atoms with van der Waals surface area (Å²) in [5, 5.41) is 13.5. The van der Waals surface area contributed by atoms with Crippen LogP contribution in [0.2, 0.25) is 0 Å². The topological polar surface area (TPSA) is 90.4 Å². The van der Waals surface area contributed by atoms with Gasteiger partial charge in [0, 0.05) is 12.1 Å². The number of carboxylic acids is 1. The van der Waals surface area contributed by atoms with Gasteiger partial charge in [-0.3, -0.25) is 4.68 Å². The summed E-state index contributed by atoms with van der Waals surface area (Å²) in [6.07, 6.45) is 0.685. The number of nitrogens with two attached hydrogens (primary N) is 1. The molecule has 0 saturated heterocycles. The molecule has 106 valence electrons. The third-order valence-corrected chi connectivity index (χ3v) is 2.96. The van der Waals surface area contributed by atoms with Gasteiger partial charge >= 0.3 is 5.97 Å². The van der Waals surface area contributed by atoms with Crippen molar-refractivity contribution >= 4 is 5.97 Å². The summed E-state index contributed by atoms with van der Waals surface area (Å²) in [5.41, 5.74) is 7.09. The Morgan fingerprint density at radius 1 is 1.40 bits per heavy atom. The van der Waals surface area contributed by atoms with Gasteiger partial charge in [-0.15, -0.1) is 0 Å². The van der Waals surface area contributed by atoms with Crippen LogP contribution >= 0.6 is 0 Å². The smallest absolute Gasteiger partial charge is 0.354 e. The van der Waals surface area contributed by atoms with E-state index < -0.39 is 5.97 Å². The monoisotopic (exact) mass is 275 g/mol. The third-order valence-electron chi connectivity index (χ3n) is 2.96. The maximum absolute atomic E-state index is 11.2. The second kappa shape index (κ2) is 6.21. The van der Waals surface area contributed by atoms with Gasteiger partial charge in [-0.05, 0) is 43.3 Å². The lowest BCUT2D eigenvalue weighted by atomic mass is 10.1. The lowest BCUT2D eigenvalue weighted by Crippen LogP contribution is -2.12. The molecule has 0 fully saturated rings. The Bertz CT molecular complexity index is 590. The summed E-state index contributed by atoms with van der Waals surface area (Å²) < 4.78 is 6.57. The summed E-state index contributed by atoms with van der Waals surface area (Å²) in [7, 11) is 1.60. The molecular weight excluding hydrogens is 258 g/mol. The number of aromatic carboxylic acids is 1. The average molecular weight is 275 g/mol. The minimum absolute atomic E-state index is 0.171. The molecule has 2 aromatic rings. The normalized spacial score (nSPS) is 10.5. The van der Waals surface area contributed by atoms with Crippen LogP contribution in [0.1, 0.15) is 16.9 Å². The zero-order valence-electron chi connectivity index (χ0n) is 11.2. The first-order valence-corrected chi connectivity index (χ1v) is 6.31. The molecule has 0 aliphatic heterocycles. The highest BCUT2D eigenvalue weighted by atomic mass is 16.5. The van der Waals surface area contributed by atoms with Gasteiger partial charge in [-0.2, -0.15) is 5.10 Å². The Kier molecular flexibility index (Phi) is 4.37. The van der Waals surface area contributed by atoms with Gasteiger partial charge in [-0.1, -0.05) is 0 Å². The Morgan fingerprint density at radius 3 is 2.65 bits per heavy atom. The van der Waals surface area contributed by atoms with E-state index in [9.17, 15) is 9.90 Å². The molecule has 0 amide bonds. The number of ether oxygens (including phenoxy) is 1. The maximum atomic E-state index is 11.2. The van der Waals surface area contributed by atoms with E-state index in [0.29, 0.717) is 25.2 Å². The first kappa shape index (κ1) is 14.1. The first-order chi connectivity index (χ1) is 9.65. The van der Waals surface area contributed by atoms with Crippen molar-refractivity contribution in [1.82, 2.24) is 9.78 Å². The fourth-order valence-electron chi connectivity index (χ4n) is 1.90. The van der Waals surface area contributed by atoms with Gasteiger partial charge in [0.05, 0.1) is 12.8 Å². The quantitative estimate of drug-likeness (QED) is 0.835. The number of aryl methyl sites for hydroxylation is 1. The van der Waals surface area contributed by atoms with Crippen molar-refractivity contribution in [3.8, 4) is 17.0 Å². The number of carboxylic acid groups (broad SMARTS) is 1. The lowest BCUT2D eigenvalue weighted by Gasteiger charge is -2.02. The van der Waals surface area contributed by atoms with E-state index in [-0.39, 0.29) is 5.69 Å². The second-order valence-corrected chi connectivity index (χ2v) is 4.31. The van der Waals surface area contributed by atoms with E-state index in [4.69, 9.17) is 10.5 Å². The summed E-state index contributed by atoms with van der Waals surface area (Å²) in [6, 6.07) is 8.89. The van der Waals surface area contributed by atoms with Crippen LogP contribution in [0.4, 0.5) is 0 Å². The zero-order valence-corrected chi connectivity index (χ0v) is 11.2. The van der Waals surface area contributed by atoms with Crippen LogP contribution in [-0.4, -0.2) is 34.5 Å². The van der Waals surface area contributed by atoms with Crippen LogP contribution in [-0.2, 0) is 6.54 Å². The molecule has 0 bridgehead atoms. The highest BCUT2D eigenvalue weighted by Crippen LogP contribution is 2.22. The van der Waals surface area contributed by atoms with Gasteiger partial charge in [0.25, 0.3) is 0 Å². The molecule has 6 heteroatoms. The third kappa shape index (κ3) is 2.97. The van der Waals surface area contributed by atoms with Crippen molar-refractivity contribution in [3.63, 3.8) is 0 Å². The molecule has 0 unspecified atom stereocenters. The number of rotatable bonds is 6. The average Bonchev–Trinajstić information content (AvgIpc) is 2.89. The Hall–Kier alpha value is -2.34. The molecule has 0 radical (unpaired) electrons. The molecule has 0 saturated carbocycles. The standard InChI is InChI=1S/C14H17N3O3/c1-20-11-5-3-10(4-6-11)12-9-13(14(18)19)17(16-12)8-2-7-15/h3-6,9H,2,7-8,15H2,1H3,(H,18,19). The molecule has 6 nitrogen and oxygen atoms in total. The Labute approximate surface area is 116 Å². The van der Waals surface area contributed by atoms with E-state index >= 15 is 0 Å². The van der Waals surface area contributed by atoms with Crippen molar-refractivity contribution < 1.29 is 14.6 Å². The predicted molar refractivity (Wildman–Crippen MR) is 74.8 cm³/mol. The summed E-state index contributed by atoms with van der Waals surface area (Å²) in [5.74, 6) is -0.246. The molecule has 2 rings (SSSR count). The molecule has 0 atom stereocenters. The van der Waals surface area contributed by atoms with E-state index in [0.717, 1.165) is 11.3 Å². The van der Waals surface area contributed by atoms with Crippen LogP contribution in [0.15, 0.2) is 30.3 Å². The number of aromatic nitrogens is 2. The molecule has 1 aromatic heterocycles. The molecule has 0 aliphatic carbocycles. The second-order valence-electron chi connectivity index (χ2n) is 4.31. The summed E-state index contributed by atoms with van der Waals surface area (Å²) in [4.78, 5) is 11.2. The van der Waals surface area contributed by atoms with Gasteiger partial charge in [0.15, 0.2) is 0 Å². The van der Waals surface area contributed by atoms with Crippen molar-refractivity contribution in [3.05, 3.63) is 36.0 Å². The molecular formula is C14H17N3O3. The highest BCUT2D eigenvalue weighted by Gasteiger charge is 2.14. The van der Waals surface area contributed by atoms with Crippen LogP contribution in [0.25, 0.3) is 11.3 Å². The van der Waals surface area contributed by atoms with Crippen LogP contribution in [0, 0.1) is 0 Å². The molecule has 3 N–H and O–H groups in total. The first-order valence-electron chi connectivity index (χ1n) is 6.31. The maximum Gasteiger partial charge on any atom is 0.354 e. The number of benzene rings is 1. The minimum Gasteiger partial charge on any atom is -0.497 e. The van der Waals surface area contributed by atoms with Gasteiger partial charge < -0.3 is 15.6 Å². The summed E-state index contributed by atoms with van der Waals surface area (Å²) in [6.45, 7) is 0.991. The molecule has 0 aliphatic rings. The number of methoxy groups -OCH3 is 1. The summed E-state index contributed by atoms with van der Waals surface area (Å²) >= 11 is 0. The number of hydrogen-bond acceptors (Lipinski definition) is 4. The highest BCUT2D eigenvalue weighted by molar-refractivity contribution is 5.87. The molecule has 1 heterocycles. The molecule has 0 spiro atoms. The lowest BCUT2D eigenvalue weighted by molar-refractivity contribution is 0.0683. The largest absolute Gasteiger partial charge is 0.497 e. The van der Waals surface area contributed by atoms with Crippen LogP contribution < -0.4 is 10.5 Å². The van der Waals surface area contributed by atoms with Crippen molar-refractivity contribution in [2.45, 2.75) is 13.0 Å². The van der Waals surface area contributed by atoms with Gasteiger partial charge in [0.1, 0.15) is 11.4 Å². The van der Waals surface area contributed by atoms with E-state index in [1.54, 1.807) is 13.2 Å². The van der Waals surface area contributed by atoms with Crippen molar-refractivity contribution in [2.75, 3.05) is 13.7 Å². The van der Waals surface area contributed by atoms with E-state index in [1.165, 1.54) is 4.68 Å². The molecule has 1 aromatic carbocycles. The number of nitrogens with zero attached hydrogens (tertiary/aromatic N) is 2. The number of hydrogen-bond donors (Lipinski definition) is 2. The van der Waals surface area contributed by atoms with Crippen LogP contribution in [0.3, 0.4) is 0 Å². The number of carbonyl (C=O) groups is 1. The van der Waals surface area contributed by atoms with E-state index in [2.05, 4.69) is 5.10 Å². The van der Waals surface area contributed by atoms with E-state index in [1.807, 2.05) is 24.3 Å². The predicted octanol–water partition coefficient (Wildman–Crippen LogP) is 1.61. The minimum atomic E-state index is -0.991. The fraction of sp³-hybridized carbons (Fsp3) is 0.286. The van der Waals surface area contributed by atoms with Crippen LogP contribution in [0.5, 0.6) is 5.75 Å². The van der Waals surface area contributed by atoms with Crippen molar-refractivity contribution in [1.29, 1.82) is 0 Å². The zero-order chi connectivity index (χ0) is 14.5. The Morgan fingerprint density at radius 2 is 2.10 bits per heavy atom. The SMILES string of the molecule is COc1ccc(-c2cc(C(=O)O)n(CCCN)n2)cc1. The fourth-order valence-corrected chi connectivity index (χ4v) is 1.90.